The molecule has 0 aliphatic rings. The van der Waals surface area contributed by atoms with E-state index in [9.17, 15) is 4.79 Å². The predicted molar refractivity (Wildman–Crippen MR) is 80.9 cm³/mol. The van der Waals surface area contributed by atoms with Crippen molar-refractivity contribution in [1.29, 1.82) is 0 Å². The normalized spacial score (nSPS) is 10.7. The Morgan fingerprint density at radius 1 is 0.700 bits per heavy atom. The molecule has 0 amide bonds. The fraction of sp³-hybridized carbons (Fsp3) is 0.938. The van der Waals surface area contributed by atoms with Crippen LogP contribution in [0.15, 0.2) is 0 Å². The molecule has 4 nitrogen and oxygen atoms in total. The molecule has 0 aromatic carbocycles. The molecule has 0 aromatic rings. The number of rotatable bonds is 15. The summed E-state index contributed by atoms with van der Waals surface area (Å²) in [5.41, 5.74) is 0. The highest BCUT2D eigenvalue weighted by molar-refractivity contribution is 5.69. The van der Waals surface area contributed by atoms with Crippen molar-refractivity contribution in [2.75, 3.05) is 33.0 Å². The van der Waals surface area contributed by atoms with Crippen LogP contribution in [0.5, 0.6) is 0 Å². The van der Waals surface area contributed by atoms with Crippen molar-refractivity contribution in [2.45, 2.75) is 65.2 Å². The van der Waals surface area contributed by atoms with Crippen LogP contribution in [0, 0.1) is 0 Å². The zero-order valence-electron chi connectivity index (χ0n) is 13.3. The molecule has 0 fully saturated rings. The second-order valence-electron chi connectivity index (χ2n) is 4.96. The van der Waals surface area contributed by atoms with Gasteiger partial charge in [-0.1, -0.05) is 39.5 Å². The summed E-state index contributed by atoms with van der Waals surface area (Å²) in [4.78, 5) is 11.2. The van der Waals surface area contributed by atoms with Crippen LogP contribution in [-0.2, 0) is 19.0 Å². The molecular weight excluding hydrogens is 256 g/mol. The fourth-order valence-corrected chi connectivity index (χ4v) is 1.74. The van der Waals surface area contributed by atoms with E-state index < -0.39 is 0 Å². The van der Waals surface area contributed by atoms with Gasteiger partial charge in [-0.15, -0.1) is 0 Å². The van der Waals surface area contributed by atoms with Crippen LogP contribution in [0.1, 0.15) is 65.2 Å². The molecule has 0 atom stereocenters. The van der Waals surface area contributed by atoms with Gasteiger partial charge in [0, 0.05) is 19.6 Å². The van der Waals surface area contributed by atoms with Crippen molar-refractivity contribution in [3.05, 3.63) is 0 Å². The van der Waals surface area contributed by atoms with Crippen LogP contribution < -0.4 is 0 Å². The van der Waals surface area contributed by atoms with Gasteiger partial charge in [-0.3, -0.25) is 4.79 Å². The summed E-state index contributed by atoms with van der Waals surface area (Å²) in [6, 6.07) is 0. The summed E-state index contributed by atoms with van der Waals surface area (Å²) >= 11 is 0. The molecule has 0 aromatic heterocycles. The Hall–Kier alpha value is -0.610. The monoisotopic (exact) mass is 288 g/mol. The van der Waals surface area contributed by atoms with E-state index in [-0.39, 0.29) is 5.97 Å². The van der Waals surface area contributed by atoms with Gasteiger partial charge < -0.3 is 14.2 Å². The first-order valence-corrected chi connectivity index (χ1v) is 8.12. The molecule has 0 rings (SSSR count). The molecule has 20 heavy (non-hydrogen) atoms. The topological polar surface area (TPSA) is 44.8 Å². The molecule has 0 spiro atoms. The van der Waals surface area contributed by atoms with E-state index in [1.54, 1.807) is 0 Å². The van der Waals surface area contributed by atoms with Gasteiger partial charge in [0.1, 0.15) is 0 Å². The minimum Gasteiger partial charge on any atom is -0.466 e. The number of ether oxygens (including phenoxy) is 3. The summed E-state index contributed by atoms with van der Waals surface area (Å²) in [5, 5.41) is 0. The Labute approximate surface area is 124 Å². The number of esters is 1. The number of hydrogen-bond donors (Lipinski definition) is 0. The third-order valence-corrected chi connectivity index (χ3v) is 2.90. The molecule has 0 N–H and O–H groups in total. The van der Waals surface area contributed by atoms with E-state index in [0.717, 1.165) is 25.9 Å². The van der Waals surface area contributed by atoms with E-state index in [2.05, 4.69) is 6.92 Å². The van der Waals surface area contributed by atoms with Crippen LogP contribution in [0.25, 0.3) is 0 Å². The van der Waals surface area contributed by atoms with Gasteiger partial charge in [-0.25, -0.2) is 0 Å². The molecule has 0 heterocycles. The Kier molecular flexibility index (Phi) is 15.9. The highest BCUT2D eigenvalue weighted by Crippen LogP contribution is 2.02. The third-order valence-electron chi connectivity index (χ3n) is 2.90. The molecule has 0 aliphatic heterocycles. The Bertz CT molecular complexity index is 207. The van der Waals surface area contributed by atoms with Crippen LogP contribution >= 0.6 is 0 Å². The molecule has 0 radical (unpaired) electrons. The van der Waals surface area contributed by atoms with Crippen molar-refractivity contribution >= 4 is 5.97 Å². The molecule has 0 saturated heterocycles. The average Bonchev–Trinajstić information content (AvgIpc) is 2.46. The quantitative estimate of drug-likeness (QED) is 0.340. The van der Waals surface area contributed by atoms with Crippen molar-refractivity contribution in [2.24, 2.45) is 0 Å². The number of carbonyl (C=O) groups is 1. The minimum atomic E-state index is -0.126. The first-order valence-electron chi connectivity index (χ1n) is 8.12. The summed E-state index contributed by atoms with van der Waals surface area (Å²) < 4.78 is 15.9. The minimum absolute atomic E-state index is 0.126. The van der Waals surface area contributed by atoms with Crippen LogP contribution in [0.4, 0.5) is 0 Å². The van der Waals surface area contributed by atoms with E-state index in [4.69, 9.17) is 14.2 Å². The average molecular weight is 288 g/mol. The third kappa shape index (κ3) is 15.4. The maximum atomic E-state index is 11.2. The lowest BCUT2D eigenvalue weighted by molar-refractivity contribution is -0.144. The van der Waals surface area contributed by atoms with Crippen molar-refractivity contribution in [3.63, 3.8) is 0 Å². The second kappa shape index (κ2) is 16.4. The Morgan fingerprint density at radius 2 is 1.35 bits per heavy atom. The van der Waals surface area contributed by atoms with Crippen LogP contribution in [0.2, 0.25) is 0 Å². The largest absolute Gasteiger partial charge is 0.466 e. The second-order valence-corrected chi connectivity index (χ2v) is 4.96. The zero-order chi connectivity index (χ0) is 14.9. The van der Waals surface area contributed by atoms with Gasteiger partial charge in [0.2, 0.25) is 0 Å². The van der Waals surface area contributed by atoms with E-state index >= 15 is 0 Å². The zero-order valence-corrected chi connectivity index (χ0v) is 13.3. The smallest absolute Gasteiger partial charge is 0.305 e. The number of carbonyl (C=O) groups excluding carboxylic acids is 1. The van der Waals surface area contributed by atoms with Crippen molar-refractivity contribution < 1.29 is 19.0 Å². The maximum Gasteiger partial charge on any atom is 0.305 e. The Balaban J connectivity index is 3.04. The lowest BCUT2D eigenvalue weighted by Gasteiger charge is -2.06. The highest BCUT2D eigenvalue weighted by atomic mass is 16.5. The van der Waals surface area contributed by atoms with Gasteiger partial charge >= 0.3 is 5.97 Å². The summed E-state index contributed by atoms with van der Waals surface area (Å²) in [6.45, 7) is 7.41. The fourth-order valence-electron chi connectivity index (χ4n) is 1.74. The molecule has 0 unspecified atom stereocenters. The van der Waals surface area contributed by atoms with Gasteiger partial charge in [-0.2, -0.15) is 0 Å². The molecule has 0 saturated carbocycles. The Morgan fingerprint density at radius 3 is 2.00 bits per heavy atom. The molecule has 0 bridgehead atoms. The van der Waals surface area contributed by atoms with Gasteiger partial charge in [0.25, 0.3) is 0 Å². The lowest BCUT2D eigenvalue weighted by Crippen LogP contribution is -2.09. The van der Waals surface area contributed by atoms with Crippen LogP contribution in [0.3, 0.4) is 0 Å². The molecular formula is C16H32O4. The van der Waals surface area contributed by atoms with Crippen molar-refractivity contribution in [1.82, 2.24) is 0 Å². The summed E-state index contributed by atoms with van der Waals surface area (Å²) in [7, 11) is 0. The van der Waals surface area contributed by atoms with Gasteiger partial charge in [0.05, 0.1) is 19.8 Å². The van der Waals surface area contributed by atoms with E-state index in [1.165, 1.54) is 25.7 Å². The highest BCUT2D eigenvalue weighted by Gasteiger charge is 2.01. The van der Waals surface area contributed by atoms with Gasteiger partial charge in [-0.05, 0) is 19.3 Å². The molecule has 4 heteroatoms. The number of hydrogen-bond acceptors (Lipinski definition) is 4. The summed E-state index contributed by atoms with van der Waals surface area (Å²) in [6.07, 6.45) is 8.35. The first kappa shape index (κ1) is 19.4. The lowest BCUT2D eigenvalue weighted by atomic mass is 10.2. The standard InChI is InChI=1S/C16H32O4/c1-3-5-6-7-8-12-18-14-15-19-13-9-10-16(17)20-11-4-2/h3-15H2,1-2H3. The summed E-state index contributed by atoms with van der Waals surface area (Å²) in [5.74, 6) is -0.126. The maximum absolute atomic E-state index is 11.2. The number of unbranched alkanes of at least 4 members (excludes halogenated alkanes) is 4. The van der Waals surface area contributed by atoms with E-state index in [0.29, 0.717) is 32.8 Å². The first-order chi connectivity index (χ1) is 9.81. The predicted octanol–water partition coefficient (Wildman–Crippen LogP) is 3.72. The van der Waals surface area contributed by atoms with Crippen LogP contribution in [-0.4, -0.2) is 39.0 Å². The SMILES string of the molecule is CCCCCCCOCCOCCCC(=O)OCCC. The molecule has 0 aliphatic carbocycles. The van der Waals surface area contributed by atoms with E-state index in [1.807, 2.05) is 6.92 Å². The van der Waals surface area contributed by atoms with Crippen molar-refractivity contribution in [3.8, 4) is 0 Å². The van der Waals surface area contributed by atoms with Gasteiger partial charge in [0.15, 0.2) is 0 Å². The molecule has 120 valence electrons.